The van der Waals surface area contributed by atoms with Gasteiger partial charge in [-0.1, -0.05) is 33.8 Å². The summed E-state index contributed by atoms with van der Waals surface area (Å²) in [5.74, 6) is 0. The average Bonchev–Trinajstić information content (AvgIpc) is 2.90. The van der Waals surface area contributed by atoms with Crippen molar-refractivity contribution in [2.24, 2.45) is 5.41 Å². The average molecular weight is 353 g/mol. The van der Waals surface area contributed by atoms with Crippen molar-refractivity contribution in [3.05, 3.63) is 28.2 Å². The third-order valence-corrected chi connectivity index (χ3v) is 5.64. The van der Waals surface area contributed by atoms with Crippen molar-refractivity contribution < 1.29 is 0 Å². The highest BCUT2D eigenvalue weighted by atomic mass is 79.9. The molecule has 0 saturated carbocycles. The van der Waals surface area contributed by atoms with Gasteiger partial charge >= 0.3 is 0 Å². The first-order chi connectivity index (χ1) is 9.99. The van der Waals surface area contributed by atoms with E-state index in [0.29, 0.717) is 11.5 Å². The van der Waals surface area contributed by atoms with E-state index in [-0.39, 0.29) is 0 Å². The molecule has 0 bridgehead atoms. The van der Waals surface area contributed by atoms with Gasteiger partial charge in [-0.2, -0.15) is 0 Å². The quantitative estimate of drug-likeness (QED) is 0.777. The van der Waals surface area contributed by atoms with Crippen LogP contribution in [0.3, 0.4) is 0 Å². The molecule has 1 saturated heterocycles. The summed E-state index contributed by atoms with van der Waals surface area (Å²) in [5, 5.41) is 3.47. The number of hydrogen-bond acceptors (Lipinski definition) is 2. The Morgan fingerprint density at radius 2 is 2.00 bits per heavy atom. The van der Waals surface area contributed by atoms with Crippen molar-refractivity contribution in [3.63, 3.8) is 0 Å². The van der Waals surface area contributed by atoms with E-state index < -0.39 is 0 Å². The molecule has 1 N–H and O–H groups in total. The largest absolute Gasteiger partial charge is 0.370 e. The predicted octanol–water partition coefficient (Wildman–Crippen LogP) is 4.96. The van der Waals surface area contributed by atoms with Gasteiger partial charge < -0.3 is 10.2 Å². The molecule has 1 aromatic rings. The Kier molecular flexibility index (Phi) is 5.73. The summed E-state index contributed by atoms with van der Waals surface area (Å²) in [6.45, 7) is 12.4. The molecule has 118 valence electrons. The Bertz CT molecular complexity index is 466. The molecule has 0 spiro atoms. The van der Waals surface area contributed by atoms with Gasteiger partial charge in [-0.3, -0.25) is 0 Å². The van der Waals surface area contributed by atoms with E-state index in [1.54, 1.807) is 0 Å². The van der Waals surface area contributed by atoms with Crippen LogP contribution in [0.15, 0.2) is 22.7 Å². The number of nitrogens with zero attached hydrogens (tertiary/aromatic N) is 1. The van der Waals surface area contributed by atoms with Gasteiger partial charge in [-0.25, -0.2) is 0 Å². The lowest BCUT2D eigenvalue weighted by molar-refractivity contribution is 0.301. The topological polar surface area (TPSA) is 15.3 Å². The molecule has 21 heavy (non-hydrogen) atoms. The van der Waals surface area contributed by atoms with Crippen LogP contribution in [0.5, 0.6) is 0 Å². The third kappa shape index (κ3) is 4.01. The molecule has 0 amide bonds. The van der Waals surface area contributed by atoms with Crippen LogP contribution < -0.4 is 10.2 Å². The fourth-order valence-electron chi connectivity index (χ4n) is 3.21. The Hall–Kier alpha value is -0.540. The van der Waals surface area contributed by atoms with Crippen molar-refractivity contribution in [2.45, 2.75) is 59.5 Å². The molecule has 0 unspecified atom stereocenters. The molecule has 3 heteroatoms. The second-order valence-electron chi connectivity index (χ2n) is 6.70. The van der Waals surface area contributed by atoms with Crippen molar-refractivity contribution in [3.8, 4) is 0 Å². The van der Waals surface area contributed by atoms with Gasteiger partial charge in [0.25, 0.3) is 0 Å². The lowest BCUT2D eigenvalue weighted by Crippen LogP contribution is -2.26. The maximum Gasteiger partial charge on any atom is 0.0511 e. The van der Waals surface area contributed by atoms with Gasteiger partial charge in [0.15, 0.2) is 0 Å². The number of hydrogen-bond donors (Lipinski definition) is 1. The minimum atomic E-state index is 0.525. The summed E-state index contributed by atoms with van der Waals surface area (Å²) < 4.78 is 1.23. The lowest BCUT2D eigenvalue weighted by atomic mass is 9.82. The van der Waals surface area contributed by atoms with Gasteiger partial charge in [0, 0.05) is 30.1 Å². The fourth-order valence-corrected chi connectivity index (χ4v) is 3.88. The molecule has 1 fully saturated rings. The minimum absolute atomic E-state index is 0.525. The molecule has 1 aliphatic heterocycles. The zero-order valence-corrected chi connectivity index (χ0v) is 15.5. The first-order valence-electron chi connectivity index (χ1n) is 8.26. The highest BCUT2D eigenvalue weighted by Gasteiger charge is 2.35. The highest BCUT2D eigenvalue weighted by molar-refractivity contribution is 9.10. The van der Waals surface area contributed by atoms with Gasteiger partial charge in [0.05, 0.1) is 5.69 Å². The predicted molar refractivity (Wildman–Crippen MR) is 96.0 cm³/mol. The SMILES string of the molecule is CCC1(CC)CCN(c2ccc(CNC(C)C)cc2Br)C1. The first kappa shape index (κ1) is 16.8. The molecule has 0 aromatic heterocycles. The summed E-state index contributed by atoms with van der Waals surface area (Å²) in [6, 6.07) is 7.33. The van der Waals surface area contributed by atoms with Crippen molar-refractivity contribution in [1.82, 2.24) is 5.32 Å². The van der Waals surface area contributed by atoms with Crippen LogP contribution in [-0.4, -0.2) is 19.1 Å². The molecule has 0 radical (unpaired) electrons. The maximum absolute atomic E-state index is 3.78. The molecular formula is C18H29BrN2. The van der Waals surface area contributed by atoms with Crippen molar-refractivity contribution in [2.75, 3.05) is 18.0 Å². The first-order valence-corrected chi connectivity index (χ1v) is 9.05. The zero-order valence-electron chi connectivity index (χ0n) is 13.9. The van der Waals surface area contributed by atoms with Crippen LogP contribution >= 0.6 is 15.9 Å². The van der Waals surface area contributed by atoms with Gasteiger partial charge in [0.1, 0.15) is 0 Å². The van der Waals surface area contributed by atoms with Crippen LogP contribution in [0.2, 0.25) is 0 Å². The molecule has 1 heterocycles. The third-order valence-electron chi connectivity index (χ3n) is 5.01. The molecule has 2 rings (SSSR count). The maximum atomic E-state index is 3.78. The van der Waals surface area contributed by atoms with Crippen LogP contribution in [0.4, 0.5) is 5.69 Å². The summed E-state index contributed by atoms with van der Waals surface area (Å²) in [6.07, 6.45) is 3.89. The Morgan fingerprint density at radius 1 is 1.29 bits per heavy atom. The second-order valence-corrected chi connectivity index (χ2v) is 7.55. The lowest BCUT2D eigenvalue weighted by Gasteiger charge is -2.27. The normalized spacial score (nSPS) is 17.7. The van der Waals surface area contributed by atoms with Gasteiger partial charge in [0.2, 0.25) is 0 Å². The summed E-state index contributed by atoms with van der Waals surface area (Å²) >= 11 is 3.78. The monoisotopic (exact) mass is 352 g/mol. The Labute approximate surface area is 138 Å². The number of anilines is 1. The summed E-state index contributed by atoms with van der Waals surface area (Å²) in [5.41, 5.74) is 3.22. The van der Waals surface area contributed by atoms with Crippen LogP contribution in [0.1, 0.15) is 52.5 Å². The Morgan fingerprint density at radius 3 is 2.52 bits per heavy atom. The smallest absolute Gasteiger partial charge is 0.0511 e. The Balaban J connectivity index is 2.08. The summed E-state index contributed by atoms with van der Waals surface area (Å²) in [4.78, 5) is 2.55. The molecule has 1 aromatic carbocycles. The second kappa shape index (κ2) is 7.15. The molecule has 1 aliphatic rings. The van der Waals surface area contributed by atoms with Crippen LogP contribution in [0, 0.1) is 5.41 Å². The molecule has 0 aliphatic carbocycles. The van der Waals surface area contributed by atoms with E-state index in [1.807, 2.05) is 0 Å². The van der Waals surface area contributed by atoms with E-state index in [0.717, 1.165) is 6.54 Å². The van der Waals surface area contributed by atoms with E-state index in [1.165, 1.54) is 48.1 Å². The zero-order chi connectivity index (χ0) is 15.5. The van der Waals surface area contributed by atoms with Crippen molar-refractivity contribution in [1.29, 1.82) is 0 Å². The number of benzene rings is 1. The number of nitrogens with one attached hydrogen (secondary N) is 1. The van der Waals surface area contributed by atoms with E-state index in [9.17, 15) is 0 Å². The summed E-state index contributed by atoms with van der Waals surface area (Å²) in [7, 11) is 0. The van der Waals surface area contributed by atoms with E-state index in [2.05, 4.69) is 72.0 Å². The standard InChI is InChI=1S/C18H29BrN2/c1-5-18(6-2)9-10-21(13-18)17-8-7-15(11-16(17)19)12-20-14(3)4/h7-8,11,14,20H,5-6,9-10,12-13H2,1-4H3. The minimum Gasteiger partial charge on any atom is -0.370 e. The molecule has 2 nitrogen and oxygen atoms in total. The van der Waals surface area contributed by atoms with Crippen LogP contribution in [0.25, 0.3) is 0 Å². The number of halogens is 1. The fraction of sp³-hybridized carbons (Fsp3) is 0.667. The molecular weight excluding hydrogens is 324 g/mol. The molecule has 0 atom stereocenters. The van der Waals surface area contributed by atoms with Crippen molar-refractivity contribution >= 4 is 21.6 Å². The van der Waals surface area contributed by atoms with E-state index >= 15 is 0 Å². The van der Waals surface area contributed by atoms with Gasteiger partial charge in [-0.05, 0) is 58.3 Å². The van der Waals surface area contributed by atoms with E-state index in [4.69, 9.17) is 0 Å². The van der Waals surface area contributed by atoms with Crippen LogP contribution in [-0.2, 0) is 6.54 Å². The highest BCUT2D eigenvalue weighted by Crippen LogP contribution is 2.41. The number of rotatable bonds is 6. The van der Waals surface area contributed by atoms with Gasteiger partial charge in [-0.15, -0.1) is 0 Å².